The molecule has 2 aliphatic heterocycles. The van der Waals surface area contributed by atoms with Gasteiger partial charge in [-0.3, -0.25) is 4.79 Å². The molecule has 28 heavy (non-hydrogen) atoms. The summed E-state index contributed by atoms with van der Waals surface area (Å²) in [5.74, 6) is -0.0745. The zero-order valence-electron chi connectivity index (χ0n) is 15.2. The number of para-hydroxylation sites is 2. The highest BCUT2D eigenvalue weighted by molar-refractivity contribution is 5.87. The summed E-state index contributed by atoms with van der Waals surface area (Å²) >= 11 is 0. The molecular weight excluding hydrogens is 367 g/mol. The summed E-state index contributed by atoms with van der Waals surface area (Å²) in [6.45, 7) is 5.37. The van der Waals surface area contributed by atoms with Crippen molar-refractivity contribution in [3.05, 3.63) is 66.7 Å². The van der Waals surface area contributed by atoms with Crippen LogP contribution in [-0.2, 0) is 11.0 Å². The number of fused-ring (bicyclic) bond motifs is 1. The van der Waals surface area contributed by atoms with Gasteiger partial charge in [0.05, 0.1) is 29.6 Å². The van der Waals surface area contributed by atoms with Gasteiger partial charge in [0.25, 0.3) is 0 Å². The number of rotatable bonds is 3. The molecule has 0 N–H and O–H groups in total. The van der Waals surface area contributed by atoms with Crippen LogP contribution in [0.5, 0.6) is 0 Å². The van der Waals surface area contributed by atoms with Crippen molar-refractivity contribution in [3.63, 3.8) is 0 Å². The van der Waals surface area contributed by atoms with E-state index in [9.17, 15) is 18.0 Å². The summed E-state index contributed by atoms with van der Waals surface area (Å²) in [5, 5.41) is 0. The van der Waals surface area contributed by atoms with Crippen molar-refractivity contribution in [2.75, 3.05) is 29.6 Å². The van der Waals surface area contributed by atoms with Crippen LogP contribution in [0.4, 0.5) is 30.2 Å². The molecule has 1 fully saturated rings. The van der Waals surface area contributed by atoms with Crippen molar-refractivity contribution in [1.29, 1.82) is 0 Å². The standard InChI is InChI=1S/C21H20F3N3O/c1-2-20(28)25-12-11-17(13-25)27-14-26(18-5-3-4-6-19(18)27)16-9-7-15(8-10-16)21(22,23)24/h2-10,17H,1,11-14H2. The van der Waals surface area contributed by atoms with Gasteiger partial charge in [-0.15, -0.1) is 0 Å². The fraction of sp³-hybridized carbons (Fsp3) is 0.286. The second-order valence-corrected chi connectivity index (χ2v) is 7.00. The second-order valence-electron chi connectivity index (χ2n) is 7.00. The smallest absolute Gasteiger partial charge is 0.347 e. The maximum Gasteiger partial charge on any atom is 0.416 e. The molecule has 146 valence electrons. The van der Waals surface area contributed by atoms with Crippen LogP contribution in [0.25, 0.3) is 0 Å². The molecule has 0 radical (unpaired) electrons. The van der Waals surface area contributed by atoms with Crippen molar-refractivity contribution < 1.29 is 18.0 Å². The lowest BCUT2D eigenvalue weighted by atomic mass is 10.1. The predicted molar refractivity (Wildman–Crippen MR) is 103 cm³/mol. The average molecular weight is 387 g/mol. The number of nitrogens with zero attached hydrogens (tertiary/aromatic N) is 3. The van der Waals surface area contributed by atoms with Gasteiger partial charge >= 0.3 is 6.18 Å². The SMILES string of the molecule is C=CC(=O)N1CCC(N2CN(c3ccc(C(F)(F)F)cc3)c3ccccc32)C1. The number of anilines is 3. The first-order valence-electron chi connectivity index (χ1n) is 9.10. The quantitative estimate of drug-likeness (QED) is 0.730. The Kier molecular flexibility index (Phi) is 4.53. The third-order valence-corrected chi connectivity index (χ3v) is 5.37. The lowest BCUT2D eigenvalue weighted by Gasteiger charge is -2.27. The topological polar surface area (TPSA) is 26.8 Å². The Morgan fingerprint density at radius 1 is 1.07 bits per heavy atom. The molecule has 2 aromatic rings. The van der Waals surface area contributed by atoms with Crippen LogP contribution in [0.2, 0.25) is 0 Å². The predicted octanol–water partition coefficient (Wildman–Crippen LogP) is 4.41. The zero-order valence-corrected chi connectivity index (χ0v) is 15.2. The summed E-state index contributed by atoms with van der Waals surface area (Å²) in [6, 6.07) is 13.2. The minimum absolute atomic E-state index is 0.0745. The molecule has 0 spiro atoms. The van der Waals surface area contributed by atoms with E-state index in [0.29, 0.717) is 25.4 Å². The highest BCUT2D eigenvalue weighted by Gasteiger charge is 2.36. The van der Waals surface area contributed by atoms with Crippen molar-refractivity contribution in [3.8, 4) is 0 Å². The van der Waals surface area contributed by atoms with Crippen LogP contribution < -0.4 is 9.80 Å². The molecule has 0 bridgehead atoms. The first-order valence-corrected chi connectivity index (χ1v) is 9.10. The third-order valence-electron chi connectivity index (χ3n) is 5.37. The summed E-state index contributed by atoms with van der Waals surface area (Å²) in [4.78, 5) is 17.9. The molecule has 2 aliphatic rings. The van der Waals surface area contributed by atoms with Gasteiger partial charge in [-0.1, -0.05) is 18.7 Å². The van der Waals surface area contributed by atoms with Gasteiger partial charge in [0.1, 0.15) is 0 Å². The maximum atomic E-state index is 12.9. The summed E-state index contributed by atoms with van der Waals surface area (Å²) in [6.07, 6.45) is -2.18. The molecule has 0 saturated carbocycles. The van der Waals surface area contributed by atoms with E-state index in [1.54, 1.807) is 4.90 Å². The maximum absolute atomic E-state index is 12.9. The van der Waals surface area contributed by atoms with Crippen LogP contribution in [0.3, 0.4) is 0 Å². The molecule has 1 amide bonds. The van der Waals surface area contributed by atoms with E-state index in [-0.39, 0.29) is 11.9 Å². The van der Waals surface area contributed by atoms with E-state index >= 15 is 0 Å². The van der Waals surface area contributed by atoms with Gasteiger partial charge < -0.3 is 14.7 Å². The number of carbonyl (C=O) groups is 1. The molecule has 2 heterocycles. The normalized spacial score (nSPS) is 19.1. The zero-order chi connectivity index (χ0) is 19.9. The number of hydrogen-bond acceptors (Lipinski definition) is 3. The van der Waals surface area contributed by atoms with E-state index in [2.05, 4.69) is 11.5 Å². The fourth-order valence-electron chi connectivity index (χ4n) is 3.93. The van der Waals surface area contributed by atoms with E-state index < -0.39 is 11.7 Å². The van der Waals surface area contributed by atoms with E-state index in [1.165, 1.54) is 18.2 Å². The molecule has 2 aromatic carbocycles. The van der Waals surface area contributed by atoms with Crippen LogP contribution >= 0.6 is 0 Å². The number of amides is 1. The van der Waals surface area contributed by atoms with E-state index in [4.69, 9.17) is 0 Å². The van der Waals surface area contributed by atoms with E-state index in [1.807, 2.05) is 29.2 Å². The summed E-state index contributed by atoms with van der Waals surface area (Å²) < 4.78 is 38.6. The summed E-state index contributed by atoms with van der Waals surface area (Å²) in [7, 11) is 0. The number of alkyl halides is 3. The molecule has 1 saturated heterocycles. The molecule has 1 atom stereocenters. The van der Waals surface area contributed by atoms with Crippen LogP contribution in [0.15, 0.2) is 61.2 Å². The highest BCUT2D eigenvalue weighted by atomic mass is 19.4. The third kappa shape index (κ3) is 3.21. The number of carbonyl (C=O) groups excluding carboxylic acids is 1. The second kappa shape index (κ2) is 6.89. The van der Waals surface area contributed by atoms with Gasteiger partial charge in [0.2, 0.25) is 5.91 Å². The van der Waals surface area contributed by atoms with Crippen molar-refractivity contribution in [1.82, 2.24) is 4.90 Å². The molecule has 0 aromatic heterocycles. The van der Waals surface area contributed by atoms with Gasteiger partial charge in [0.15, 0.2) is 0 Å². The lowest BCUT2D eigenvalue weighted by molar-refractivity contribution is -0.137. The number of hydrogen-bond donors (Lipinski definition) is 0. The minimum Gasteiger partial charge on any atom is -0.347 e. The molecule has 0 aliphatic carbocycles. The average Bonchev–Trinajstić information content (AvgIpc) is 3.32. The molecular formula is C21H20F3N3O. The first-order chi connectivity index (χ1) is 13.4. The van der Waals surface area contributed by atoms with Crippen LogP contribution in [-0.4, -0.2) is 36.6 Å². The minimum atomic E-state index is -4.35. The van der Waals surface area contributed by atoms with Crippen molar-refractivity contribution in [2.24, 2.45) is 0 Å². The largest absolute Gasteiger partial charge is 0.416 e. The van der Waals surface area contributed by atoms with Gasteiger partial charge in [-0.25, -0.2) is 0 Å². The first kappa shape index (κ1) is 18.4. The Labute approximate surface area is 161 Å². The lowest BCUT2D eigenvalue weighted by Crippen LogP contribution is -2.40. The number of likely N-dealkylation sites (tertiary alicyclic amines) is 1. The van der Waals surface area contributed by atoms with Crippen LogP contribution in [0.1, 0.15) is 12.0 Å². The Morgan fingerprint density at radius 2 is 1.75 bits per heavy atom. The molecule has 1 unspecified atom stereocenters. The monoisotopic (exact) mass is 387 g/mol. The number of halogens is 3. The fourth-order valence-corrected chi connectivity index (χ4v) is 3.93. The van der Waals surface area contributed by atoms with Crippen molar-refractivity contribution in [2.45, 2.75) is 18.6 Å². The molecule has 4 rings (SSSR count). The van der Waals surface area contributed by atoms with Gasteiger partial charge in [0, 0.05) is 18.8 Å². The van der Waals surface area contributed by atoms with Crippen LogP contribution in [0, 0.1) is 0 Å². The summed E-state index contributed by atoms with van der Waals surface area (Å²) in [5.41, 5.74) is 2.03. The Bertz CT molecular complexity index is 895. The Morgan fingerprint density at radius 3 is 2.39 bits per heavy atom. The van der Waals surface area contributed by atoms with E-state index in [0.717, 1.165) is 29.9 Å². The molecule has 7 heteroatoms. The number of benzene rings is 2. The highest BCUT2D eigenvalue weighted by Crippen LogP contribution is 2.43. The van der Waals surface area contributed by atoms with Gasteiger partial charge in [-0.2, -0.15) is 13.2 Å². The molecule has 4 nitrogen and oxygen atoms in total. The Hall–Kier alpha value is -2.96. The Balaban J connectivity index is 1.60. The van der Waals surface area contributed by atoms with Crippen molar-refractivity contribution >= 4 is 23.0 Å². The van der Waals surface area contributed by atoms with Gasteiger partial charge in [-0.05, 0) is 48.9 Å².